The Morgan fingerprint density at radius 3 is 2.37 bits per heavy atom. The SMILES string of the molecule is CCOC(=O)c1c(NC(=O)CN2CCc3ccccc3[C@@H]2CN2C(=O)c3ccccc3C2=O)c2cc(OC)ccc2n1C. The lowest BCUT2D eigenvalue weighted by molar-refractivity contribution is -0.118. The highest BCUT2D eigenvalue weighted by molar-refractivity contribution is 6.21. The number of rotatable bonds is 8. The summed E-state index contributed by atoms with van der Waals surface area (Å²) in [5.41, 5.74) is 4.16. The standard InChI is InChI=1S/C33H32N4O6/c1-4-43-33(41)30-29(25-17-21(42-3)13-14-26(25)35(30)2)34-28(38)19-36-16-15-20-9-5-6-10-22(20)27(36)18-37-31(39)23-11-7-8-12-24(23)32(37)40/h5-14,17,27H,4,15-16,18-19H2,1-3H3,(H,34,38)/t27-/m0/s1. The van der Waals surface area contributed by atoms with Crippen molar-refractivity contribution in [3.63, 3.8) is 0 Å². The van der Waals surface area contributed by atoms with Crippen LogP contribution in [0, 0.1) is 0 Å². The maximum Gasteiger partial charge on any atom is 0.357 e. The number of carbonyl (C=O) groups excluding carboxylic acids is 4. The monoisotopic (exact) mass is 580 g/mol. The number of methoxy groups -OCH3 is 1. The molecule has 1 aromatic heterocycles. The van der Waals surface area contributed by atoms with Crippen molar-refractivity contribution < 1.29 is 28.7 Å². The number of amides is 3. The fourth-order valence-corrected chi connectivity index (χ4v) is 6.16. The maximum atomic E-state index is 13.7. The van der Waals surface area contributed by atoms with Gasteiger partial charge in [0.2, 0.25) is 5.91 Å². The normalized spacial score (nSPS) is 16.3. The molecule has 6 rings (SSSR count). The van der Waals surface area contributed by atoms with Gasteiger partial charge in [0.1, 0.15) is 5.75 Å². The number of aromatic nitrogens is 1. The van der Waals surface area contributed by atoms with E-state index in [1.807, 2.05) is 35.2 Å². The zero-order chi connectivity index (χ0) is 30.2. The average Bonchev–Trinajstić information content (AvgIpc) is 3.43. The molecule has 2 aliphatic heterocycles. The molecule has 0 aliphatic carbocycles. The summed E-state index contributed by atoms with van der Waals surface area (Å²) in [4.78, 5) is 56.5. The number of aryl methyl sites for hydroxylation is 1. The first-order valence-electron chi connectivity index (χ1n) is 14.2. The average molecular weight is 581 g/mol. The van der Waals surface area contributed by atoms with Crippen molar-refractivity contribution in [3.05, 3.63) is 94.7 Å². The van der Waals surface area contributed by atoms with E-state index in [9.17, 15) is 19.2 Å². The molecule has 1 atom stereocenters. The summed E-state index contributed by atoms with van der Waals surface area (Å²) < 4.78 is 12.4. The molecule has 3 heterocycles. The van der Waals surface area contributed by atoms with E-state index < -0.39 is 12.0 Å². The molecule has 0 fully saturated rings. The van der Waals surface area contributed by atoms with Crippen molar-refractivity contribution in [3.8, 4) is 5.75 Å². The molecule has 0 bridgehead atoms. The second kappa shape index (κ2) is 11.4. The summed E-state index contributed by atoms with van der Waals surface area (Å²) in [5.74, 6) is -0.982. The number of nitrogens with one attached hydrogen (secondary N) is 1. The van der Waals surface area contributed by atoms with E-state index in [0.717, 1.165) is 16.6 Å². The van der Waals surface area contributed by atoms with Gasteiger partial charge in [-0.25, -0.2) is 4.79 Å². The fourth-order valence-electron chi connectivity index (χ4n) is 6.16. The van der Waals surface area contributed by atoms with Crippen molar-refractivity contribution in [1.82, 2.24) is 14.4 Å². The minimum atomic E-state index is -0.550. The second-order valence-electron chi connectivity index (χ2n) is 10.6. The van der Waals surface area contributed by atoms with Gasteiger partial charge < -0.3 is 19.4 Å². The first-order chi connectivity index (χ1) is 20.8. The van der Waals surface area contributed by atoms with Gasteiger partial charge >= 0.3 is 5.97 Å². The van der Waals surface area contributed by atoms with Crippen molar-refractivity contribution in [2.45, 2.75) is 19.4 Å². The second-order valence-corrected chi connectivity index (χ2v) is 10.6. The number of imide groups is 1. The number of hydrogen-bond acceptors (Lipinski definition) is 7. The third-order valence-corrected chi connectivity index (χ3v) is 8.24. The largest absolute Gasteiger partial charge is 0.497 e. The summed E-state index contributed by atoms with van der Waals surface area (Å²) in [6.45, 7) is 2.54. The molecule has 43 heavy (non-hydrogen) atoms. The van der Waals surface area contributed by atoms with Crippen LogP contribution in [0.1, 0.15) is 55.3 Å². The van der Waals surface area contributed by atoms with Gasteiger partial charge in [0.05, 0.1) is 48.6 Å². The van der Waals surface area contributed by atoms with Gasteiger partial charge in [-0.15, -0.1) is 0 Å². The van der Waals surface area contributed by atoms with Gasteiger partial charge in [-0.2, -0.15) is 0 Å². The minimum absolute atomic E-state index is 0.0230. The lowest BCUT2D eigenvalue weighted by Gasteiger charge is -2.38. The van der Waals surface area contributed by atoms with Gasteiger partial charge in [0.15, 0.2) is 5.69 Å². The number of hydrogen-bond donors (Lipinski definition) is 1. The van der Waals surface area contributed by atoms with E-state index in [1.54, 1.807) is 62.0 Å². The van der Waals surface area contributed by atoms with Crippen LogP contribution in [0.3, 0.4) is 0 Å². The summed E-state index contributed by atoms with van der Waals surface area (Å²) in [6.07, 6.45) is 0.710. The molecule has 10 nitrogen and oxygen atoms in total. The molecule has 0 saturated carbocycles. The molecule has 0 spiro atoms. The number of benzene rings is 3. The molecular formula is C33H32N4O6. The quantitative estimate of drug-likeness (QED) is 0.246. The highest BCUT2D eigenvalue weighted by atomic mass is 16.5. The van der Waals surface area contributed by atoms with Crippen LogP contribution in [0.4, 0.5) is 5.69 Å². The topological polar surface area (TPSA) is 110 Å². The van der Waals surface area contributed by atoms with Gasteiger partial charge in [0, 0.05) is 25.5 Å². The maximum absolute atomic E-state index is 13.7. The van der Waals surface area contributed by atoms with Crippen LogP contribution >= 0.6 is 0 Å². The van der Waals surface area contributed by atoms with E-state index in [4.69, 9.17) is 9.47 Å². The molecule has 4 aromatic rings. The molecule has 1 N–H and O–H groups in total. The highest BCUT2D eigenvalue weighted by Crippen LogP contribution is 2.35. The molecule has 0 unspecified atom stereocenters. The number of anilines is 1. The summed E-state index contributed by atoms with van der Waals surface area (Å²) in [6, 6.07) is 19.7. The molecule has 3 aromatic carbocycles. The summed E-state index contributed by atoms with van der Waals surface area (Å²) in [5, 5.41) is 3.62. The number of carbonyl (C=O) groups is 4. The van der Waals surface area contributed by atoms with E-state index in [0.29, 0.717) is 40.9 Å². The Balaban J connectivity index is 1.31. The predicted molar refractivity (Wildman–Crippen MR) is 160 cm³/mol. The number of ether oxygens (including phenoxy) is 2. The Labute approximate surface area is 248 Å². The van der Waals surface area contributed by atoms with Crippen LogP contribution in [-0.4, -0.2) is 71.4 Å². The summed E-state index contributed by atoms with van der Waals surface area (Å²) >= 11 is 0. The van der Waals surface area contributed by atoms with Crippen LogP contribution in [0.2, 0.25) is 0 Å². The Hall–Kier alpha value is -4.96. The van der Waals surface area contributed by atoms with Crippen molar-refractivity contribution in [1.29, 1.82) is 0 Å². The van der Waals surface area contributed by atoms with E-state index in [2.05, 4.69) is 5.32 Å². The van der Waals surface area contributed by atoms with Gasteiger partial charge in [-0.3, -0.25) is 24.2 Å². The zero-order valence-electron chi connectivity index (χ0n) is 24.3. The third-order valence-electron chi connectivity index (χ3n) is 8.24. The van der Waals surface area contributed by atoms with Crippen molar-refractivity contribution >= 4 is 40.3 Å². The molecular weight excluding hydrogens is 548 g/mol. The Morgan fingerprint density at radius 1 is 0.977 bits per heavy atom. The van der Waals surface area contributed by atoms with Crippen LogP contribution < -0.4 is 10.1 Å². The van der Waals surface area contributed by atoms with Gasteiger partial charge in [-0.1, -0.05) is 36.4 Å². The minimum Gasteiger partial charge on any atom is -0.497 e. The fraction of sp³-hybridized carbons (Fsp3) is 0.273. The summed E-state index contributed by atoms with van der Waals surface area (Å²) in [7, 11) is 3.30. The first-order valence-corrected chi connectivity index (χ1v) is 14.2. The predicted octanol–water partition coefficient (Wildman–Crippen LogP) is 4.20. The molecule has 0 saturated heterocycles. The number of fused-ring (bicyclic) bond motifs is 3. The molecule has 2 aliphatic rings. The molecule has 10 heteroatoms. The highest BCUT2D eigenvalue weighted by Gasteiger charge is 2.39. The molecule has 0 radical (unpaired) electrons. The van der Waals surface area contributed by atoms with Crippen LogP contribution in [-0.2, 0) is 23.0 Å². The molecule has 3 amide bonds. The van der Waals surface area contributed by atoms with Crippen molar-refractivity contribution in [2.75, 3.05) is 38.7 Å². The van der Waals surface area contributed by atoms with Crippen LogP contribution in [0.25, 0.3) is 10.9 Å². The number of esters is 1. The zero-order valence-corrected chi connectivity index (χ0v) is 24.3. The van der Waals surface area contributed by atoms with E-state index >= 15 is 0 Å². The van der Waals surface area contributed by atoms with Gasteiger partial charge in [-0.05, 0) is 54.8 Å². The Bertz CT molecular complexity index is 1740. The molecule has 220 valence electrons. The van der Waals surface area contributed by atoms with E-state index in [-0.39, 0.29) is 43.1 Å². The first kappa shape index (κ1) is 28.2. The third kappa shape index (κ3) is 4.93. The Morgan fingerprint density at radius 2 is 1.67 bits per heavy atom. The number of nitrogens with zero attached hydrogens (tertiary/aromatic N) is 3. The smallest absolute Gasteiger partial charge is 0.357 e. The van der Waals surface area contributed by atoms with Gasteiger partial charge in [0.25, 0.3) is 11.8 Å². The lowest BCUT2D eigenvalue weighted by Crippen LogP contribution is -2.46. The Kier molecular flexibility index (Phi) is 7.45. The lowest BCUT2D eigenvalue weighted by atomic mass is 9.92. The van der Waals surface area contributed by atoms with Crippen LogP contribution in [0.15, 0.2) is 66.7 Å². The van der Waals surface area contributed by atoms with Crippen molar-refractivity contribution in [2.24, 2.45) is 7.05 Å². The van der Waals surface area contributed by atoms with Crippen LogP contribution in [0.5, 0.6) is 5.75 Å². The van der Waals surface area contributed by atoms with E-state index in [1.165, 1.54) is 4.90 Å².